The summed E-state index contributed by atoms with van der Waals surface area (Å²) in [5.41, 5.74) is 1.41. The zero-order chi connectivity index (χ0) is 12.1. The van der Waals surface area contributed by atoms with Gasteiger partial charge in [0.15, 0.2) is 0 Å². The monoisotopic (exact) mass is 233 g/mol. The molecule has 0 radical (unpaired) electrons. The summed E-state index contributed by atoms with van der Waals surface area (Å²) in [4.78, 5) is 0. The summed E-state index contributed by atoms with van der Waals surface area (Å²) in [5.74, 6) is 1.77. The van der Waals surface area contributed by atoms with E-state index in [-0.39, 0.29) is 0 Å². The molecule has 17 heavy (non-hydrogen) atoms. The average molecular weight is 233 g/mol. The minimum Gasteiger partial charge on any atom is -0.497 e. The van der Waals surface area contributed by atoms with Gasteiger partial charge < -0.3 is 10.1 Å². The number of rotatable bonds is 6. The van der Waals surface area contributed by atoms with Crippen molar-refractivity contribution in [3.8, 4) is 5.75 Å². The highest BCUT2D eigenvalue weighted by Crippen LogP contribution is 2.38. The lowest BCUT2D eigenvalue weighted by molar-refractivity contribution is 0.231. The van der Waals surface area contributed by atoms with Crippen molar-refractivity contribution in [1.29, 1.82) is 0 Å². The molecule has 1 aliphatic carbocycles. The third-order valence-corrected chi connectivity index (χ3v) is 3.71. The van der Waals surface area contributed by atoms with Gasteiger partial charge in [-0.2, -0.15) is 0 Å². The smallest absolute Gasteiger partial charge is 0.118 e. The van der Waals surface area contributed by atoms with Gasteiger partial charge in [-0.05, 0) is 49.4 Å². The first-order chi connectivity index (χ1) is 8.35. The van der Waals surface area contributed by atoms with Crippen molar-refractivity contribution in [2.24, 2.45) is 5.92 Å². The van der Waals surface area contributed by atoms with Gasteiger partial charge in [-0.3, -0.25) is 0 Å². The number of nitrogens with one attached hydrogen (secondary N) is 1. The topological polar surface area (TPSA) is 21.3 Å². The highest BCUT2D eigenvalue weighted by Gasteiger charge is 2.27. The minimum absolute atomic E-state index is 0.537. The van der Waals surface area contributed by atoms with Crippen LogP contribution < -0.4 is 10.1 Å². The molecule has 0 aromatic heterocycles. The molecule has 1 unspecified atom stereocenters. The van der Waals surface area contributed by atoms with Gasteiger partial charge in [-0.15, -0.1) is 0 Å². The van der Waals surface area contributed by atoms with Crippen LogP contribution in [0.4, 0.5) is 0 Å². The molecule has 1 aromatic carbocycles. The fourth-order valence-electron chi connectivity index (χ4n) is 2.44. The van der Waals surface area contributed by atoms with E-state index in [2.05, 4.69) is 36.5 Å². The maximum Gasteiger partial charge on any atom is 0.118 e. The van der Waals surface area contributed by atoms with Gasteiger partial charge in [0, 0.05) is 6.04 Å². The van der Waals surface area contributed by atoms with Gasteiger partial charge in [0.2, 0.25) is 0 Å². The van der Waals surface area contributed by atoms with Crippen molar-refractivity contribution < 1.29 is 4.74 Å². The fourth-order valence-corrected chi connectivity index (χ4v) is 2.44. The van der Waals surface area contributed by atoms with Gasteiger partial charge in [0.05, 0.1) is 7.11 Å². The third-order valence-electron chi connectivity index (χ3n) is 3.71. The molecule has 2 heteroatoms. The SMILES string of the molecule is CCCNC(c1ccc(OC)cc1)C1CCC1. The van der Waals surface area contributed by atoms with E-state index >= 15 is 0 Å². The molecule has 2 rings (SSSR count). The Bertz CT molecular complexity index is 329. The molecular weight excluding hydrogens is 210 g/mol. The van der Waals surface area contributed by atoms with E-state index in [1.54, 1.807) is 7.11 Å². The summed E-state index contributed by atoms with van der Waals surface area (Å²) >= 11 is 0. The molecule has 1 N–H and O–H groups in total. The van der Waals surface area contributed by atoms with Crippen LogP contribution in [0, 0.1) is 5.92 Å². The van der Waals surface area contributed by atoms with E-state index in [9.17, 15) is 0 Å². The number of ether oxygens (including phenoxy) is 1. The molecule has 0 spiro atoms. The second-order valence-corrected chi connectivity index (χ2v) is 4.90. The molecule has 1 aromatic rings. The average Bonchev–Trinajstić information content (AvgIpc) is 2.32. The van der Waals surface area contributed by atoms with Gasteiger partial charge in [-0.1, -0.05) is 25.5 Å². The van der Waals surface area contributed by atoms with E-state index in [0.29, 0.717) is 6.04 Å². The molecule has 1 atom stereocenters. The Morgan fingerprint density at radius 3 is 2.47 bits per heavy atom. The van der Waals surface area contributed by atoms with Crippen molar-refractivity contribution in [3.63, 3.8) is 0 Å². The molecule has 0 aliphatic heterocycles. The van der Waals surface area contributed by atoms with Crippen molar-refractivity contribution in [1.82, 2.24) is 5.32 Å². The molecule has 1 aliphatic rings. The summed E-state index contributed by atoms with van der Waals surface area (Å²) in [7, 11) is 1.72. The first-order valence-corrected chi connectivity index (χ1v) is 6.72. The highest BCUT2D eigenvalue weighted by atomic mass is 16.5. The first kappa shape index (κ1) is 12.4. The molecule has 1 saturated carbocycles. The number of hydrogen-bond donors (Lipinski definition) is 1. The molecule has 94 valence electrons. The van der Waals surface area contributed by atoms with Crippen molar-refractivity contribution in [3.05, 3.63) is 29.8 Å². The fraction of sp³-hybridized carbons (Fsp3) is 0.600. The van der Waals surface area contributed by atoms with Crippen LogP contribution in [0.15, 0.2) is 24.3 Å². The normalized spacial score (nSPS) is 17.5. The zero-order valence-electron chi connectivity index (χ0n) is 10.9. The van der Waals surface area contributed by atoms with Crippen molar-refractivity contribution >= 4 is 0 Å². The second kappa shape index (κ2) is 6.06. The third kappa shape index (κ3) is 3.01. The van der Waals surface area contributed by atoms with E-state index in [4.69, 9.17) is 4.74 Å². The van der Waals surface area contributed by atoms with Crippen LogP contribution in [0.5, 0.6) is 5.75 Å². The molecular formula is C15H23NO. The minimum atomic E-state index is 0.537. The zero-order valence-corrected chi connectivity index (χ0v) is 10.9. The summed E-state index contributed by atoms with van der Waals surface area (Å²) in [6, 6.07) is 9.06. The van der Waals surface area contributed by atoms with Crippen LogP contribution in [0.2, 0.25) is 0 Å². The number of benzene rings is 1. The molecule has 0 heterocycles. The van der Waals surface area contributed by atoms with Crippen LogP contribution in [-0.2, 0) is 0 Å². The van der Waals surface area contributed by atoms with Crippen molar-refractivity contribution in [2.75, 3.05) is 13.7 Å². The molecule has 1 fully saturated rings. The van der Waals surface area contributed by atoms with E-state index in [1.165, 1.54) is 31.2 Å². The lowest BCUT2D eigenvalue weighted by atomic mass is 9.77. The molecule has 2 nitrogen and oxygen atoms in total. The first-order valence-electron chi connectivity index (χ1n) is 6.72. The number of hydrogen-bond acceptors (Lipinski definition) is 2. The van der Waals surface area contributed by atoms with E-state index in [1.807, 2.05) is 0 Å². The van der Waals surface area contributed by atoms with Crippen LogP contribution in [0.1, 0.15) is 44.2 Å². The Kier molecular flexibility index (Phi) is 4.43. The van der Waals surface area contributed by atoms with Gasteiger partial charge in [-0.25, -0.2) is 0 Å². The Morgan fingerprint density at radius 1 is 1.29 bits per heavy atom. The van der Waals surface area contributed by atoms with Gasteiger partial charge in [0.1, 0.15) is 5.75 Å². The quantitative estimate of drug-likeness (QED) is 0.811. The Labute approximate surface area is 104 Å². The van der Waals surface area contributed by atoms with Crippen LogP contribution >= 0.6 is 0 Å². The maximum absolute atomic E-state index is 5.21. The Hall–Kier alpha value is -1.02. The second-order valence-electron chi connectivity index (χ2n) is 4.90. The summed E-state index contributed by atoms with van der Waals surface area (Å²) in [5, 5.41) is 3.68. The standard InChI is InChI=1S/C15H23NO/c1-3-11-16-15(12-5-4-6-12)13-7-9-14(17-2)10-8-13/h7-10,12,15-16H,3-6,11H2,1-2H3. The summed E-state index contributed by atoms with van der Waals surface area (Å²) in [6.07, 6.45) is 5.32. The number of methoxy groups -OCH3 is 1. The van der Waals surface area contributed by atoms with Gasteiger partial charge in [0.25, 0.3) is 0 Å². The predicted octanol–water partition coefficient (Wildman–Crippen LogP) is 3.54. The lowest BCUT2D eigenvalue weighted by Crippen LogP contribution is -2.32. The van der Waals surface area contributed by atoms with E-state index < -0.39 is 0 Å². The maximum atomic E-state index is 5.21. The Morgan fingerprint density at radius 2 is 2.00 bits per heavy atom. The highest BCUT2D eigenvalue weighted by molar-refractivity contribution is 5.29. The Balaban J connectivity index is 2.06. The summed E-state index contributed by atoms with van der Waals surface area (Å²) < 4.78 is 5.21. The summed E-state index contributed by atoms with van der Waals surface area (Å²) in [6.45, 7) is 3.33. The van der Waals surface area contributed by atoms with Gasteiger partial charge >= 0.3 is 0 Å². The van der Waals surface area contributed by atoms with Crippen molar-refractivity contribution in [2.45, 2.75) is 38.6 Å². The largest absolute Gasteiger partial charge is 0.497 e. The molecule has 0 saturated heterocycles. The molecule has 0 amide bonds. The van der Waals surface area contributed by atoms with E-state index in [0.717, 1.165) is 18.2 Å². The van der Waals surface area contributed by atoms with Crippen LogP contribution in [-0.4, -0.2) is 13.7 Å². The molecule has 0 bridgehead atoms. The predicted molar refractivity (Wildman–Crippen MR) is 71.4 cm³/mol. The lowest BCUT2D eigenvalue weighted by Gasteiger charge is -2.35. The van der Waals surface area contributed by atoms with Crippen LogP contribution in [0.25, 0.3) is 0 Å². The van der Waals surface area contributed by atoms with Crippen LogP contribution in [0.3, 0.4) is 0 Å².